The van der Waals surface area contributed by atoms with Crippen molar-refractivity contribution in [1.29, 1.82) is 0 Å². The van der Waals surface area contributed by atoms with Crippen LogP contribution in [0.4, 0.5) is 5.00 Å². The van der Waals surface area contributed by atoms with E-state index in [1.807, 2.05) is 0 Å². The van der Waals surface area contributed by atoms with E-state index in [0.29, 0.717) is 5.88 Å². The maximum Gasteiger partial charge on any atom is 0.324 e. The Bertz CT molecular complexity index is 308. The van der Waals surface area contributed by atoms with Gasteiger partial charge < -0.3 is 0 Å². The van der Waals surface area contributed by atoms with Crippen molar-refractivity contribution in [3.8, 4) is 0 Å². The summed E-state index contributed by atoms with van der Waals surface area (Å²) in [5, 5.41) is 10.4. The average Bonchev–Trinajstić information content (AvgIpc) is 2.48. The molecule has 0 aliphatic heterocycles. The highest BCUT2D eigenvalue weighted by Gasteiger charge is 2.06. The van der Waals surface area contributed by atoms with E-state index in [4.69, 9.17) is 11.6 Å². The maximum absolute atomic E-state index is 10.3. The number of halogens is 1. The lowest BCUT2D eigenvalue weighted by Crippen LogP contribution is -1.80. The molecule has 64 valence electrons. The molecule has 0 bridgehead atoms. The van der Waals surface area contributed by atoms with Gasteiger partial charge in [-0.05, 0) is 12.1 Å². The van der Waals surface area contributed by atoms with Crippen LogP contribution in [0.3, 0.4) is 0 Å². The first kappa shape index (κ1) is 9.22. The monoisotopic (exact) mass is 203 g/mol. The van der Waals surface area contributed by atoms with Crippen LogP contribution in [-0.2, 0) is 0 Å². The van der Waals surface area contributed by atoms with E-state index in [9.17, 15) is 10.1 Å². The Morgan fingerprint density at radius 3 is 2.92 bits per heavy atom. The predicted molar refractivity (Wildman–Crippen MR) is 50.7 cm³/mol. The normalized spacial score (nSPS) is 10.8. The zero-order valence-electron chi connectivity index (χ0n) is 6.07. The van der Waals surface area contributed by atoms with Gasteiger partial charge in [0.25, 0.3) is 0 Å². The third-order valence-electron chi connectivity index (χ3n) is 1.16. The number of alkyl halides is 1. The molecule has 0 saturated carbocycles. The topological polar surface area (TPSA) is 43.1 Å². The lowest BCUT2D eigenvalue weighted by molar-refractivity contribution is -0.380. The van der Waals surface area contributed by atoms with Gasteiger partial charge in [-0.25, -0.2) is 0 Å². The van der Waals surface area contributed by atoms with Crippen LogP contribution in [0.2, 0.25) is 0 Å². The van der Waals surface area contributed by atoms with Gasteiger partial charge in [-0.1, -0.05) is 17.4 Å². The summed E-state index contributed by atoms with van der Waals surface area (Å²) >= 11 is 6.54. The minimum Gasteiger partial charge on any atom is -0.258 e. The lowest BCUT2D eigenvalue weighted by atomic mass is 10.4. The lowest BCUT2D eigenvalue weighted by Gasteiger charge is -1.80. The maximum atomic E-state index is 10.3. The number of nitro groups is 1. The van der Waals surface area contributed by atoms with E-state index >= 15 is 0 Å². The number of hydrogen-bond acceptors (Lipinski definition) is 3. The Morgan fingerprint density at radius 2 is 2.42 bits per heavy atom. The van der Waals surface area contributed by atoms with Gasteiger partial charge in [0.05, 0.1) is 4.92 Å². The molecular weight excluding hydrogens is 198 g/mol. The van der Waals surface area contributed by atoms with Crippen molar-refractivity contribution in [3.05, 3.63) is 33.2 Å². The summed E-state index contributed by atoms with van der Waals surface area (Å²) < 4.78 is 0. The molecule has 0 aromatic carbocycles. The highest BCUT2D eigenvalue weighted by Crippen LogP contribution is 2.24. The molecule has 0 amide bonds. The van der Waals surface area contributed by atoms with Crippen molar-refractivity contribution < 1.29 is 4.92 Å². The Balaban J connectivity index is 2.77. The van der Waals surface area contributed by atoms with Crippen LogP contribution in [0.5, 0.6) is 0 Å². The zero-order chi connectivity index (χ0) is 8.97. The fourth-order valence-corrected chi connectivity index (χ4v) is 1.53. The van der Waals surface area contributed by atoms with Gasteiger partial charge in [0.2, 0.25) is 0 Å². The number of hydrogen-bond donors (Lipinski definition) is 0. The van der Waals surface area contributed by atoms with Crippen LogP contribution in [0.25, 0.3) is 6.08 Å². The summed E-state index contributed by atoms with van der Waals surface area (Å²) in [5.41, 5.74) is 0. The third kappa shape index (κ3) is 2.32. The summed E-state index contributed by atoms with van der Waals surface area (Å²) in [6.45, 7) is 0. The van der Waals surface area contributed by atoms with Crippen LogP contribution >= 0.6 is 22.9 Å². The van der Waals surface area contributed by atoms with Crippen LogP contribution in [0.1, 0.15) is 4.88 Å². The second-order valence-electron chi connectivity index (χ2n) is 1.99. The minimum atomic E-state index is -0.400. The molecule has 1 aromatic rings. The fourth-order valence-electron chi connectivity index (χ4n) is 0.691. The summed E-state index contributed by atoms with van der Waals surface area (Å²) in [5.74, 6) is 0.422. The standard InChI is InChI=1S/C7H6ClNO2S/c8-5-1-2-6-3-4-7(12-6)9(10)11/h1-4H,5H2/b2-1+. The molecule has 0 aliphatic carbocycles. The Kier molecular flexibility index (Phi) is 3.25. The number of allylic oxidation sites excluding steroid dienone is 1. The second-order valence-corrected chi connectivity index (χ2v) is 3.39. The van der Waals surface area contributed by atoms with Crippen molar-refractivity contribution in [1.82, 2.24) is 0 Å². The van der Waals surface area contributed by atoms with Crippen molar-refractivity contribution in [3.63, 3.8) is 0 Å². The molecular formula is C7H6ClNO2S. The SMILES string of the molecule is O=[N+]([O-])c1ccc(/C=C/CCl)s1. The third-order valence-corrected chi connectivity index (χ3v) is 2.34. The highest BCUT2D eigenvalue weighted by atomic mass is 35.5. The summed E-state index contributed by atoms with van der Waals surface area (Å²) in [4.78, 5) is 10.7. The summed E-state index contributed by atoms with van der Waals surface area (Å²) in [6.07, 6.45) is 3.52. The molecule has 0 aliphatic rings. The van der Waals surface area contributed by atoms with Crippen molar-refractivity contribution in [2.45, 2.75) is 0 Å². The van der Waals surface area contributed by atoms with Crippen molar-refractivity contribution >= 4 is 34.0 Å². The van der Waals surface area contributed by atoms with E-state index in [1.54, 1.807) is 18.2 Å². The molecule has 1 heterocycles. The summed E-state index contributed by atoms with van der Waals surface area (Å²) in [7, 11) is 0. The van der Waals surface area contributed by atoms with Gasteiger partial charge in [-0.3, -0.25) is 10.1 Å². The molecule has 3 nitrogen and oxygen atoms in total. The summed E-state index contributed by atoms with van der Waals surface area (Å²) in [6, 6.07) is 3.18. The first-order valence-electron chi connectivity index (χ1n) is 3.21. The van der Waals surface area contributed by atoms with Gasteiger partial charge in [-0.2, -0.15) is 0 Å². The molecule has 0 saturated heterocycles. The molecule has 12 heavy (non-hydrogen) atoms. The number of thiophene rings is 1. The van der Waals surface area contributed by atoms with Gasteiger partial charge in [0.15, 0.2) is 0 Å². The second kappa shape index (κ2) is 4.23. The average molecular weight is 204 g/mol. The van der Waals surface area contributed by atoms with Gasteiger partial charge in [0.1, 0.15) is 0 Å². The molecule has 0 N–H and O–H groups in total. The molecule has 0 unspecified atom stereocenters. The molecule has 0 atom stereocenters. The molecule has 0 fully saturated rings. The molecule has 1 aromatic heterocycles. The zero-order valence-corrected chi connectivity index (χ0v) is 7.64. The Morgan fingerprint density at radius 1 is 1.67 bits per heavy atom. The van der Waals surface area contributed by atoms with Crippen LogP contribution < -0.4 is 0 Å². The van der Waals surface area contributed by atoms with E-state index in [-0.39, 0.29) is 5.00 Å². The fraction of sp³-hybridized carbons (Fsp3) is 0.143. The first-order valence-corrected chi connectivity index (χ1v) is 4.56. The van der Waals surface area contributed by atoms with Crippen LogP contribution in [0.15, 0.2) is 18.2 Å². The molecule has 0 radical (unpaired) electrons. The Labute approximate surface area is 78.4 Å². The van der Waals surface area contributed by atoms with Crippen molar-refractivity contribution in [2.75, 3.05) is 5.88 Å². The van der Waals surface area contributed by atoms with Crippen molar-refractivity contribution in [2.24, 2.45) is 0 Å². The van der Waals surface area contributed by atoms with E-state index in [1.165, 1.54) is 6.07 Å². The van der Waals surface area contributed by atoms with E-state index in [2.05, 4.69) is 0 Å². The Hall–Kier alpha value is -0.870. The van der Waals surface area contributed by atoms with Gasteiger partial charge in [-0.15, -0.1) is 11.6 Å². The quantitative estimate of drug-likeness (QED) is 0.431. The number of nitrogens with zero attached hydrogens (tertiary/aromatic N) is 1. The molecule has 0 spiro atoms. The molecule has 1 rings (SSSR count). The van der Waals surface area contributed by atoms with E-state index < -0.39 is 4.92 Å². The number of rotatable bonds is 3. The van der Waals surface area contributed by atoms with Gasteiger partial charge >= 0.3 is 5.00 Å². The van der Waals surface area contributed by atoms with Crippen LogP contribution in [-0.4, -0.2) is 10.8 Å². The predicted octanol–water partition coefficient (Wildman–Crippen LogP) is 2.91. The van der Waals surface area contributed by atoms with Crippen LogP contribution in [0, 0.1) is 10.1 Å². The molecule has 5 heteroatoms. The van der Waals surface area contributed by atoms with E-state index in [0.717, 1.165) is 16.2 Å². The van der Waals surface area contributed by atoms with Gasteiger partial charge in [0, 0.05) is 16.8 Å². The first-order chi connectivity index (χ1) is 5.74. The smallest absolute Gasteiger partial charge is 0.258 e. The largest absolute Gasteiger partial charge is 0.324 e. The highest BCUT2D eigenvalue weighted by molar-refractivity contribution is 7.16. The minimum absolute atomic E-state index is 0.157.